The fraction of sp³-hybridized carbons (Fsp3) is 0.417. The van der Waals surface area contributed by atoms with Crippen molar-refractivity contribution in [2.75, 3.05) is 31.5 Å². The summed E-state index contributed by atoms with van der Waals surface area (Å²) in [6.45, 7) is 3.89. The van der Waals surface area contributed by atoms with E-state index in [2.05, 4.69) is 5.32 Å². The Labute approximate surface area is 202 Å². The first-order valence-electron chi connectivity index (χ1n) is 11.0. The minimum Gasteiger partial charge on any atom is -0.341 e. The first kappa shape index (κ1) is 24.9. The van der Waals surface area contributed by atoms with Crippen LogP contribution >= 0.6 is 22.9 Å². The summed E-state index contributed by atoms with van der Waals surface area (Å²) in [4.78, 5) is 54.6. The van der Waals surface area contributed by atoms with Crippen molar-refractivity contribution >= 4 is 52.1 Å². The van der Waals surface area contributed by atoms with Crippen molar-refractivity contribution in [3.8, 4) is 0 Å². The van der Waals surface area contributed by atoms with E-state index in [1.54, 1.807) is 40.1 Å². The maximum Gasteiger partial charge on any atom is 0.321 e. The van der Waals surface area contributed by atoms with Crippen LogP contribution in [0.2, 0.25) is 5.02 Å². The molecule has 7 nitrogen and oxygen atoms in total. The number of nitrogens with zero attached hydrogens (tertiary/aromatic N) is 2. The Morgan fingerprint density at radius 3 is 2.24 bits per heavy atom. The van der Waals surface area contributed by atoms with Crippen LogP contribution in [0.25, 0.3) is 0 Å². The number of halogens is 1. The van der Waals surface area contributed by atoms with Crippen molar-refractivity contribution in [3.63, 3.8) is 0 Å². The molecule has 2 heterocycles. The number of rotatable bonds is 8. The Kier molecular flexibility index (Phi) is 9.03. The molecule has 1 aliphatic rings. The Hall–Kier alpha value is -2.71. The lowest BCUT2D eigenvalue weighted by molar-refractivity contribution is -0.133. The number of benzene rings is 1. The SMILES string of the molecule is Cc1ccc(C(=O)CCC(=O)CCC(=O)N2CCCN(C(=O)Nc3ccc(Cl)cc3)CC2)s1. The van der Waals surface area contributed by atoms with Gasteiger partial charge in [0.15, 0.2) is 5.78 Å². The molecule has 0 atom stereocenters. The molecule has 3 rings (SSSR count). The molecule has 1 fully saturated rings. The topological polar surface area (TPSA) is 86.8 Å². The van der Waals surface area contributed by atoms with Gasteiger partial charge in [0.2, 0.25) is 5.91 Å². The second kappa shape index (κ2) is 12.0. The summed E-state index contributed by atoms with van der Waals surface area (Å²) in [6, 6.07) is 10.4. The highest BCUT2D eigenvalue weighted by Crippen LogP contribution is 2.18. The molecule has 1 N–H and O–H groups in total. The minimum absolute atomic E-state index is 0.0303. The third-order valence-corrected chi connectivity index (χ3v) is 6.79. The summed E-state index contributed by atoms with van der Waals surface area (Å²) in [5.74, 6) is -0.204. The number of carbonyl (C=O) groups is 4. The minimum atomic E-state index is -0.215. The molecule has 0 bridgehead atoms. The summed E-state index contributed by atoms with van der Waals surface area (Å²) >= 11 is 7.30. The van der Waals surface area contributed by atoms with Gasteiger partial charge in [0.25, 0.3) is 0 Å². The highest BCUT2D eigenvalue weighted by atomic mass is 35.5. The first-order chi connectivity index (χ1) is 15.8. The van der Waals surface area contributed by atoms with Crippen molar-refractivity contribution in [2.45, 2.75) is 39.0 Å². The number of thiophene rings is 1. The fourth-order valence-electron chi connectivity index (χ4n) is 3.60. The Bertz CT molecular complexity index is 1010. The number of hydrogen-bond acceptors (Lipinski definition) is 5. The van der Waals surface area contributed by atoms with Gasteiger partial charge in [-0.2, -0.15) is 0 Å². The molecule has 1 aliphatic heterocycles. The standard InChI is InChI=1S/C24H28ClN3O4S/c1-17-3-11-22(33-17)21(30)10-8-20(29)9-12-23(31)27-13-2-14-28(16-15-27)24(32)26-19-6-4-18(25)5-7-19/h3-7,11H,2,8-10,12-16H2,1H3,(H,26,32). The van der Waals surface area contributed by atoms with Gasteiger partial charge in [-0.25, -0.2) is 4.79 Å². The summed E-state index contributed by atoms with van der Waals surface area (Å²) in [5.41, 5.74) is 0.660. The second-order valence-electron chi connectivity index (χ2n) is 8.03. The second-order valence-corrected chi connectivity index (χ2v) is 9.75. The van der Waals surface area contributed by atoms with Gasteiger partial charge in [-0.3, -0.25) is 14.4 Å². The Morgan fingerprint density at radius 2 is 1.55 bits per heavy atom. The van der Waals surface area contributed by atoms with Crippen LogP contribution in [0.3, 0.4) is 0 Å². The van der Waals surface area contributed by atoms with E-state index in [1.165, 1.54) is 11.3 Å². The van der Waals surface area contributed by atoms with E-state index in [0.717, 1.165) is 4.88 Å². The molecule has 1 aromatic carbocycles. The maximum atomic E-state index is 12.6. The number of anilines is 1. The van der Waals surface area contributed by atoms with Crippen LogP contribution in [0.1, 0.15) is 46.7 Å². The number of Topliss-reactive ketones (excluding diaryl/α,β-unsaturated/α-hetero) is 2. The van der Waals surface area contributed by atoms with Crippen LogP contribution in [-0.4, -0.2) is 59.5 Å². The zero-order valence-corrected chi connectivity index (χ0v) is 20.2. The van der Waals surface area contributed by atoms with Crippen molar-refractivity contribution in [2.24, 2.45) is 0 Å². The average molecular weight is 490 g/mol. The van der Waals surface area contributed by atoms with Crippen LogP contribution in [-0.2, 0) is 9.59 Å². The summed E-state index contributed by atoms with van der Waals surface area (Å²) in [7, 11) is 0. The molecule has 0 saturated carbocycles. The van der Waals surface area contributed by atoms with Gasteiger partial charge in [-0.15, -0.1) is 11.3 Å². The first-order valence-corrected chi connectivity index (χ1v) is 12.2. The quantitative estimate of drug-likeness (QED) is 0.540. The molecular formula is C24H28ClN3O4S. The van der Waals surface area contributed by atoms with E-state index in [9.17, 15) is 19.2 Å². The normalized spacial score (nSPS) is 14.0. The zero-order chi connectivity index (χ0) is 23.8. The lowest BCUT2D eigenvalue weighted by Crippen LogP contribution is -2.39. The highest BCUT2D eigenvalue weighted by molar-refractivity contribution is 7.14. The average Bonchev–Trinajstić information content (AvgIpc) is 3.08. The van der Waals surface area contributed by atoms with Crippen LogP contribution in [0, 0.1) is 6.92 Å². The van der Waals surface area contributed by atoms with E-state index in [0.29, 0.717) is 48.2 Å². The van der Waals surface area contributed by atoms with Crippen molar-refractivity contribution in [3.05, 3.63) is 51.2 Å². The van der Waals surface area contributed by atoms with E-state index in [4.69, 9.17) is 11.6 Å². The van der Waals surface area contributed by atoms with Crippen LogP contribution in [0.4, 0.5) is 10.5 Å². The molecule has 2 aromatic rings. The van der Waals surface area contributed by atoms with Crippen LogP contribution < -0.4 is 5.32 Å². The molecule has 1 saturated heterocycles. The maximum absolute atomic E-state index is 12.6. The third kappa shape index (κ3) is 7.68. The fourth-order valence-corrected chi connectivity index (χ4v) is 4.56. The number of ketones is 2. The highest BCUT2D eigenvalue weighted by Gasteiger charge is 2.22. The smallest absolute Gasteiger partial charge is 0.321 e. The van der Waals surface area contributed by atoms with Crippen molar-refractivity contribution in [1.29, 1.82) is 0 Å². The Morgan fingerprint density at radius 1 is 0.879 bits per heavy atom. The number of aryl methyl sites for hydroxylation is 1. The van der Waals surface area contributed by atoms with Gasteiger partial charge in [-0.05, 0) is 49.7 Å². The molecule has 0 unspecified atom stereocenters. The summed E-state index contributed by atoms with van der Waals surface area (Å²) in [5, 5.41) is 3.44. The van der Waals surface area contributed by atoms with Crippen LogP contribution in [0.15, 0.2) is 36.4 Å². The van der Waals surface area contributed by atoms with E-state index < -0.39 is 0 Å². The molecule has 0 radical (unpaired) electrons. The molecular weight excluding hydrogens is 462 g/mol. The summed E-state index contributed by atoms with van der Waals surface area (Å²) in [6.07, 6.45) is 1.26. The van der Waals surface area contributed by atoms with E-state index in [1.807, 2.05) is 13.0 Å². The van der Waals surface area contributed by atoms with Gasteiger partial charge in [0.05, 0.1) is 4.88 Å². The van der Waals surface area contributed by atoms with Crippen molar-refractivity contribution < 1.29 is 19.2 Å². The predicted molar refractivity (Wildman–Crippen MR) is 130 cm³/mol. The number of hydrogen-bond donors (Lipinski definition) is 1. The Balaban J connectivity index is 1.38. The monoisotopic (exact) mass is 489 g/mol. The number of nitrogens with one attached hydrogen (secondary N) is 1. The van der Waals surface area contributed by atoms with Gasteiger partial charge in [0.1, 0.15) is 5.78 Å². The molecule has 1 aromatic heterocycles. The number of amides is 3. The molecule has 0 aliphatic carbocycles. The van der Waals surface area contributed by atoms with Gasteiger partial charge >= 0.3 is 6.03 Å². The molecule has 3 amide bonds. The van der Waals surface area contributed by atoms with Gasteiger partial charge in [-0.1, -0.05) is 11.6 Å². The molecule has 9 heteroatoms. The van der Waals surface area contributed by atoms with Gasteiger partial charge in [0, 0.05) is 67.4 Å². The number of urea groups is 1. The van der Waals surface area contributed by atoms with Gasteiger partial charge < -0.3 is 15.1 Å². The third-order valence-electron chi connectivity index (χ3n) is 5.50. The lowest BCUT2D eigenvalue weighted by atomic mass is 10.1. The summed E-state index contributed by atoms with van der Waals surface area (Å²) < 4.78 is 0. The lowest BCUT2D eigenvalue weighted by Gasteiger charge is -2.22. The van der Waals surface area contributed by atoms with E-state index >= 15 is 0 Å². The molecule has 0 spiro atoms. The molecule has 33 heavy (non-hydrogen) atoms. The zero-order valence-electron chi connectivity index (χ0n) is 18.6. The van der Waals surface area contributed by atoms with Crippen LogP contribution in [0.5, 0.6) is 0 Å². The molecule has 176 valence electrons. The van der Waals surface area contributed by atoms with E-state index in [-0.39, 0.29) is 49.2 Å². The number of carbonyl (C=O) groups excluding carboxylic acids is 4. The van der Waals surface area contributed by atoms with Crippen molar-refractivity contribution in [1.82, 2.24) is 9.80 Å². The predicted octanol–water partition coefficient (Wildman–Crippen LogP) is 4.79. The largest absolute Gasteiger partial charge is 0.341 e.